The van der Waals surface area contributed by atoms with Crippen molar-refractivity contribution in [2.45, 2.75) is 37.9 Å². The first-order valence-electron chi connectivity index (χ1n) is 9.17. The minimum atomic E-state index is 0.363. The maximum absolute atomic E-state index is 12.5. The number of rotatable bonds is 5. The van der Waals surface area contributed by atoms with Crippen LogP contribution in [0, 0.1) is 0 Å². The molecule has 2 atom stereocenters. The number of piperidine rings is 1. The number of carbonyl (C=O) groups excluding carboxylic acids is 1. The molecule has 0 aromatic carbocycles. The van der Waals surface area contributed by atoms with Crippen molar-refractivity contribution in [2.75, 3.05) is 45.9 Å². The number of ether oxygens (including phenoxy) is 1. The molecule has 3 fully saturated rings. The van der Waals surface area contributed by atoms with Gasteiger partial charge in [-0.3, -0.25) is 14.6 Å². The van der Waals surface area contributed by atoms with E-state index in [9.17, 15) is 4.79 Å². The summed E-state index contributed by atoms with van der Waals surface area (Å²) in [7, 11) is 0. The zero-order valence-corrected chi connectivity index (χ0v) is 15.0. The van der Waals surface area contributed by atoms with Gasteiger partial charge in [0.2, 0.25) is 5.91 Å². The number of thiophene rings is 1. The number of nitrogens with zero attached hydrogens (tertiary/aromatic N) is 3. The highest BCUT2D eigenvalue weighted by molar-refractivity contribution is 7.09. The van der Waals surface area contributed by atoms with Crippen molar-refractivity contribution in [3.63, 3.8) is 0 Å². The Balaban J connectivity index is 1.36. The molecule has 1 aromatic rings. The topological polar surface area (TPSA) is 36.0 Å². The van der Waals surface area contributed by atoms with Crippen LogP contribution in [0.1, 0.15) is 24.1 Å². The van der Waals surface area contributed by atoms with E-state index in [2.05, 4.69) is 32.2 Å². The van der Waals surface area contributed by atoms with E-state index in [1.807, 2.05) is 11.3 Å². The van der Waals surface area contributed by atoms with Crippen molar-refractivity contribution < 1.29 is 9.53 Å². The summed E-state index contributed by atoms with van der Waals surface area (Å²) in [5, 5.41) is 2.15. The second-order valence-corrected chi connectivity index (χ2v) is 8.09. The predicted octanol–water partition coefficient (Wildman–Crippen LogP) is 1.65. The molecular weight excluding hydrogens is 322 g/mol. The molecule has 4 heterocycles. The Morgan fingerprint density at radius 3 is 2.79 bits per heavy atom. The minimum absolute atomic E-state index is 0.363. The Labute approximate surface area is 148 Å². The van der Waals surface area contributed by atoms with Crippen LogP contribution in [0.5, 0.6) is 0 Å². The van der Waals surface area contributed by atoms with Crippen molar-refractivity contribution in [1.82, 2.24) is 14.7 Å². The van der Waals surface area contributed by atoms with Gasteiger partial charge in [-0.05, 0) is 24.3 Å². The van der Waals surface area contributed by atoms with E-state index in [0.717, 1.165) is 65.3 Å². The maximum Gasteiger partial charge on any atom is 0.222 e. The molecule has 0 bridgehead atoms. The van der Waals surface area contributed by atoms with Gasteiger partial charge in [0.05, 0.1) is 13.2 Å². The first-order chi connectivity index (χ1) is 11.8. The highest BCUT2D eigenvalue weighted by Crippen LogP contribution is 2.32. The van der Waals surface area contributed by atoms with Gasteiger partial charge < -0.3 is 9.64 Å². The van der Waals surface area contributed by atoms with Crippen molar-refractivity contribution >= 4 is 17.2 Å². The molecule has 24 heavy (non-hydrogen) atoms. The number of carbonyl (C=O) groups is 1. The van der Waals surface area contributed by atoms with Crippen molar-refractivity contribution in [2.24, 2.45) is 0 Å². The average molecular weight is 350 g/mol. The van der Waals surface area contributed by atoms with Crippen LogP contribution in [-0.2, 0) is 16.1 Å². The molecule has 0 N–H and O–H groups in total. The van der Waals surface area contributed by atoms with E-state index in [4.69, 9.17) is 4.74 Å². The van der Waals surface area contributed by atoms with Gasteiger partial charge in [-0.25, -0.2) is 0 Å². The van der Waals surface area contributed by atoms with Gasteiger partial charge in [0.15, 0.2) is 0 Å². The van der Waals surface area contributed by atoms with Crippen LogP contribution >= 0.6 is 11.3 Å². The minimum Gasteiger partial charge on any atom is -0.379 e. The lowest BCUT2D eigenvalue weighted by atomic mass is 9.96. The van der Waals surface area contributed by atoms with Crippen LogP contribution in [0.2, 0.25) is 0 Å². The summed E-state index contributed by atoms with van der Waals surface area (Å²) in [6.07, 6.45) is 2.87. The van der Waals surface area contributed by atoms with Gasteiger partial charge >= 0.3 is 0 Å². The van der Waals surface area contributed by atoms with Crippen LogP contribution in [0.4, 0.5) is 0 Å². The first-order valence-corrected chi connectivity index (χ1v) is 10.1. The average Bonchev–Trinajstić information content (AvgIpc) is 3.26. The summed E-state index contributed by atoms with van der Waals surface area (Å²) in [5.74, 6) is 0.363. The molecule has 3 aliphatic heterocycles. The van der Waals surface area contributed by atoms with Gasteiger partial charge in [-0.1, -0.05) is 6.07 Å². The zero-order valence-electron chi connectivity index (χ0n) is 14.2. The lowest BCUT2D eigenvalue weighted by Gasteiger charge is -2.41. The third-order valence-corrected chi connectivity index (χ3v) is 6.56. The summed E-state index contributed by atoms with van der Waals surface area (Å²) in [6, 6.07) is 5.33. The maximum atomic E-state index is 12.5. The summed E-state index contributed by atoms with van der Waals surface area (Å²) < 4.78 is 5.42. The molecule has 1 amide bonds. The SMILES string of the molecule is O=C1CC[C@H]2[C@H](CCN2Cc2cccs2)N1CCN1CCOCC1. The molecule has 0 saturated carbocycles. The number of morpholine rings is 1. The molecule has 0 spiro atoms. The monoisotopic (exact) mass is 349 g/mol. The van der Waals surface area contributed by atoms with Gasteiger partial charge in [0.1, 0.15) is 0 Å². The highest BCUT2D eigenvalue weighted by Gasteiger charge is 2.42. The molecule has 0 radical (unpaired) electrons. The van der Waals surface area contributed by atoms with Crippen LogP contribution in [0.3, 0.4) is 0 Å². The lowest BCUT2D eigenvalue weighted by molar-refractivity contribution is -0.138. The number of hydrogen-bond acceptors (Lipinski definition) is 5. The fourth-order valence-electron chi connectivity index (χ4n) is 4.40. The van der Waals surface area contributed by atoms with Crippen LogP contribution < -0.4 is 0 Å². The fraction of sp³-hybridized carbons (Fsp3) is 0.722. The summed E-state index contributed by atoms with van der Waals surface area (Å²) in [5.41, 5.74) is 0. The quantitative estimate of drug-likeness (QED) is 0.810. The molecule has 4 rings (SSSR count). The normalized spacial score (nSPS) is 29.2. The molecule has 0 unspecified atom stereocenters. The van der Waals surface area contributed by atoms with Crippen molar-refractivity contribution in [3.8, 4) is 0 Å². The van der Waals surface area contributed by atoms with Crippen molar-refractivity contribution in [3.05, 3.63) is 22.4 Å². The van der Waals surface area contributed by atoms with Gasteiger partial charge in [-0.2, -0.15) is 0 Å². The molecule has 132 valence electrons. The van der Waals surface area contributed by atoms with E-state index < -0.39 is 0 Å². The number of fused-ring (bicyclic) bond motifs is 1. The highest BCUT2D eigenvalue weighted by atomic mass is 32.1. The molecule has 5 nitrogen and oxygen atoms in total. The van der Waals surface area contributed by atoms with Crippen LogP contribution in [-0.4, -0.2) is 78.6 Å². The third kappa shape index (κ3) is 3.52. The second-order valence-electron chi connectivity index (χ2n) is 7.05. The summed E-state index contributed by atoms with van der Waals surface area (Å²) in [6.45, 7) is 7.69. The van der Waals surface area contributed by atoms with E-state index in [0.29, 0.717) is 24.4 Å². The second kappa shape index (κ2) is 7.52. The molecule has 3 aliphatic rings. The number of likely N-dealkylation sites (tertiary alicyclic amines) is 2. The molecule has 6 heteroatoms. The predicted molar refractivity (Wildman–Crippen MR) is 95.1 cm³/mol. The summed E-state index contributed by atoms with van der Waals surface area (Å²) in [4.78, 5) is 21.2. The van der Waals surface area contributed by atoms with Gasteiger partial charge in [-0.15, -0.1) is 11.3 Å². The van der Waals surface area contributed by atoms with Gasteiger partial charge in [0, 0.05) is 62.7 Å². The Hall–Kier alpha value is -0.950. The Morgan fingerprint density at radius 1 is 1.12 bits per heavy atom. The van der Waals surface area contributed by atoms with E-state index in [1.165, 1.54) is 4.88 Å². The molecule has 0 aliphatic carbocycles. The van der Waals surface area contributed by atoms with Crippen LogP contribution in [0.25, 0.3) is 0 Å². The van der Waals surface area contributed by atoms with Crippen molar-refractivity contribution in [1.29, 1.82) is 0 Å². The van der Waals surface area contributed by atoms with E-state index in [-0.39, 0.29) is 0 Å². The van der Waals surface area contributed by atoms with Crippen LogP contribution in [0.15, 0.2) is 17.5 Å². The first kappa shape index (κ1) is 16.5. The van der Waals surface area contributed by atoms with E-state index in [1.54, 1.807) is 0 Å². The Kier molecular flexibility index (Phi) is 5.17. The third-order valence-electron chi connectivity index (χ3n) is 5.70. The van der Waals surface area contributed by atoms with Gasteiger partial charge in [0.25, 0.3) is 0 Å². The smallest absolute Gasteiger partial charge is 0.222 e. The zero-order chi connectivity index (χ0) is 16.4. The molecule has 3 saturated heterocycles. The Morgan fingerprint density at radius 2 is 2.00 bits per heavy atom. The standard InChI is InChI=1S/C18H27N3O2S/c22-18-4-3-16-17(5-6-20(16)14-15-2-1-13-24-15)21(18)8-7-19-9-11-23-12-10-19/h1-2,13,16-17H,3-12,14H2/t16-,17-/m0/s1. The largest absolute Gasteiger partial charge is 0.379 e. The lowest BCUT2D eigenvalue weighted by Crippen LogP contribution is -2.54. The fourth-order valence-corrected chi connectivity index (χ4v) is 5.13. The summed E-state index contributed by atoms with van der Waals surface area (Å²) >= 11 is 1.84. The molecule has 1 aromatic heterocycles. The molecular formula is C18H27N3O2S. The number of amides is 1. The Bertz CT molecular complexity index is 544. The number of hydrogen-bond donors (Lipinski definition) is 0. The van der Waals surface area contributed by atoms with E-state index >= 15 is 0 Å².